The molecule has 0 spiro atoms. The minimum Gasteiger partial charge on any atom is -0.489 e. The standard InChI is InChI=1S/C18H26N2O2/c1-13(2)22-17-10-8-14(12-16(17)19)9-11-18(21)20-15-6-4-3-5-7-15/h8-13,15H,3-7,19H2,1-2H3,(H,20,21)/b11-9-. The van der Waals surface area contributed by atoms with E-state index in [1.54, 1.807) is 12.2 Å². The van der Waals surface area contributed by atoms with E-state index in [1.807, 2.05) is 32.0 Å². The SMILES string of the molecule is CC(C)Oc1ccc(/C=C\C(=O)NC2CCCCC2)cc1N. The minimum absolute atomic E-state index is 0.0343. The molecule has 1 aliphatic carbocycles. The normalized spacial score (nSPS) is 16.1. The molecule has 22 heavy (non-hydrogen) atoms. The Morgan fingerprint density at radius 2 is 2.05 bits per heavy atom. The molecule has 0 saturated heterocycles. The highest BCUT2D eigenvalue weighted by atomic mass is 16.5. The monoisotopic (exact) mass is 302 g/mol. The third kappa shape index (κ3) is 5.10. The van der Waals surface area contributed by atoms with Crippen molar-refractivity contribution in [1.29, 1.82) is 0 Å². The summed E-state index contributed by atoms with van der Waals surface area (Å²) in [6, 6.07) is 5.90. The van der Waals surface area contributed by atoms with E-state index in [9.17, 15) is 4.79 Å². The van der Waals surface area contributed by atoms with Crippen LogP contribution in [-0.4, -0.2) is 18.1 Å². The summed E-state index contributed by atoms with van der Waals surface area (Å²) in [5.41, 5.74) is 7.45. The van der Waals surface area contributed by atoms with E-state index < -0.39 is 0 Å². The van der Waals surface area contributed by atoms with E-state index in [1.165, 1.54) is 19.3 Å². The van der Waals surface area contributed by atoms with Crippen molar-refractivity contribution in [2.75, 3.05) is 5.73 Å². The van der Waals surface area contributed by atoms with Crippen molar-refractivity contribution in [3.8, 4) is 5.75 Å². The van der Waals surface area contributed by atoms with Crippen LogP contribution in [0.25, 0.3) is 6.08 Å². The first-order valence-electron chi connectivity index (χ1n) is 8.09. The lowest BCUT2D eigenvalue weighted by atomic mass is 9.95. The molecule has 0 heterocycles. The molecule has 0 radical (unpaired) electrons. The highest BCUT2D eigenvalue weighted by Gasteiger charge is 2.14. The molecule has 3 N–H and O–H groups in total. The second kappa shape index (κ2) is 7.87. The fourth-order valence-electron chi connectivity index (χ4n) is 2.70. The molecular formula is C18H26N2O2. The first kappa shape index (κ1) is 16.4. The van der Waals surface area contributed by atoms with Crippen molar-refractivity contribution in [2.24, 2.45) is 0 Å². The van der Waals surface area contributed by atoms with Crippen molar-refractivity contribution in [3.05, 3.63) is 29.8 Å². The second-order valence-electron chi connectivity index (χ2n) is 6.14. The Morgan fingerprint density at radius 3 is 2.68 bits per heavy atom. The van der Waals surface area contributed by atoms with Crippen LogP contribution in [0, 0.1) is 0 Å². The van der Waals surface area contributed by atoms with Crippen LogP contribution in [0.1, 0.15) is 51.5 Å². The zero-order chi connectivity index (χ0) is 15.9. The number of amides is 1. The van der Waals surface area contributed by atoms with Gasteiger partial charge in [-0.1, -0.05) is 25.3 Å². The molecule has 1 amide bonds. The summed E-state index contributed by atoms with van der Waals surface area (Å²) in [6.07, 6.45) is 9.34. The Hall–Kier alpha value is -1.97. The molecule has 2 rings (SSSR count). The van der Waals surface area contributed by atoms with Crippen molar-refractivity contribution < 1.29 is 9.53 Å². The molecule has 0 aromatic heterocycles. The fraction of sp³-hybridized carbons (Fsp3) is 0.500. The number of carbonyl (C=O) groups is 1. The summed E-state index contributed by atoms with van der Waals surface area (Å²) in [6.45, 7) is 3.92. The molecule has 0 atom stereocenters. The summed E-state index contributed by atoms with van der Waals surface area (Å²) < 4.78 is 5.60. The van der Waals surface area contributed by atoms with Crippen LogP contribution in [0.2, 0.25) is 0 Å². The number of benzene rings is 1. The summed E-state index contributed by atoms with van der Waals surface area (Å²) >= 11 is 0. The van der Waals surface area contributed by atoms with Gasteiger partial charge in [-0.15, -0.1) is 0 Å². The van der Waals surface area contributed by atoms with Crippen LogP contribution in [-0.2, 0) is 4.79 Å². The number of ether oxygens (including phenoxy) is 1. The van der Waals surface area contributed by atoms with Gasteiger partial charge in [0.2, 0.25) is 5.91 Å². The van der Waals surface area contributed by atoms with Crippen molar-refractivity contribution in [3.63, 3.8) is 0 Å². The Kier molecular flexibility index (Phi) is 5.87. The van der Waals surface area contributed by atoms with E-state index in [2.05, 4.69) is 5.32 Å². The molecule has 0 unspecified atom stereocenters. The summed E-state index contributed by atoms with van der Waals surface area (Å²) in [5.74, 6) is 0.645. The van der Waals surface area contributed by atoms with E-state index >= 15 is 0 Å². The molecule has 1 fully saturated rings. The van der Waals surface area contributed by atoms with Gasteiger partial charge in [0.05, 0.1) is 11.8 Å². The second-order valence-corrected chi connectivity index (χ2v) is 6.14. The number of anilines is 1. The van der Waals surface area contributed by atoms with Gasteiger partial charge in [-0.2, -0.15) is 0 Å². The molecule has 4 nitrogen and oxygen atoms in total. The number of hydrogen-bond donors (Lipinski definition) is 2. The molecular weight excluding hydrogens is 276 g/mol. The maximum absolute atomic E-state index is 11.9. The van der Waals surface area contributed by atoms with Crippen LogP contribution >= 0.6 is 0 Å². The number of rotatable bonds is 5. The lowest BCUT2D eigenvalue weighted by Gasteiger charge is -2.21. The summed E-state index contributed by atoms with van der Waals surface area (Å²) in [4.78, 5) is 11.9. The number of nitrogen functional groups attached to an aromatic ring is 1. The Bertz CT molecular complexity index is 532. The first-order valence-corrected chi connectivity index (χ1v) is 8.09. The smallest absolute Gasteiger partial charge is 0.244 e. The number of nitrogens with two attached hydrogens (primary N) is 1. The zero-order valence-corrected chi connectivity index (χ0v) is 13.5. The van der Waals surface area contributed by atoms with E-state index in [0.717, 1.165) is 18.4 Å². The van der Waals surface area contributed by atoms with Crippen LogP contribution in [0.4, 0.5) is 5.69 Å². The Morgan fingerprint density at radius 1 is 1.32 bits per heavy atom. The van der Waals surface area contributed by atoms with Crippen LogP contribution in [0.3, 0.4) is 0 Å². The van der Waals surface area contributed by atoms with Crippen molar-refractivity contribution in [2.45, 2.75) is 58.1 Å². The van der Waals surface area contributed by atoms with E-state index in [-0.39, 0.29) is 12.0 Å². The highest BCUT2D eigenvalue weighted by Crippen LogP contribution is 2.24. The molecule has 120 valence electrons. The van der Waals surface area contributed by atoms with Crippen LogP contribution < -0.4 is 15.8 Å². The predicted molar refractivity (Wildman–Crippen MR) is 90.7 cm³/mol. The Labute approximate surface area is 132 Å². The maximum atomic E-state index is 11.9. The number of carbonyl (C=O) groups excluding carboxylic acids is 1. The molecule has 1 aromatic carbocycles. The van der Waals surface area contributed by atoms with Crippen LogP contribution in [0.15, 0.2) is 24.3 Å². The van der Waals surface area contributed by atoms with Gasteiger partial charge in [0.15, 0.2) is 0 Å². The molecule has 1 aromatic rings. The first-order chi connectivity index (χ1) is 10.5. The Balaban J connectivity index is 1.91. The van der Waals surface area contributed by atoms with Crippen LogP contribution in [0.5, 0.6) is 5.75 Å². The van der Waals surface area contributed by atoms with Crippen molar-refractivity contribution >= 4 is 17.7 Å². The summed E-state index contributed by atoms with van der Waals surface area (Å²) in [7, 11) is 0. The van der Waals surface area contributed by atoms with Gasteiger partial charge in [-0.3, -0.25) is 4.79 Å². The van der Waals surface area contributed by atoms with Gasteiger partial charge in [-0.25, -0.2) is 0 Å². The van der Waals surface area contributed by atoms with Gasteiger partial charge < -0.3 is 15.8 Å². The van der Waals surface area contributed by atoms with Gasteiger partial charge in [-0.05, 0) is 50.5 Å². The molecule has 1 aliphatic rings. The largest absolute Gasteiger partial charge is 0.489 e. The predicted octanol–water partition coefficient (Wildman–Crippen LogP) is 3.52. The van der Waals surface area contributed by atoms with Gasteiger partial charge in [0.25, 0.3) is 0 Å². The third-order valence-electron chi connectivity index (χ3n) is 3.78. The molecule has 0 bridgehead atoms. The highest BCUT2D eigenvalue weighted by molar-refractivity contribution is 5.92. The zero-order valence-electron chi connectivity index (χ0n) is 13.5. The number of hydrogen-bond acceptors (Lipinski definition) is 3. The number of nitrogens with one attached hydrogen (secondary N) is 1. The minimum atomic E-state index is -0.0343. The van der Waals surface area contributed by atoms with Gasteiger partial charge >= 0.3 is 0 Å². The maximum Gasteiger partial charge on any atom is 0.244 e. The van der Waals surface area contributed by atoms with Gasteiger partial charge in [0.1, 0.15) is 5.75 Å². The average Bonchev–Trinajstić information content (AvgIpc) is 2.48. The third-order valence-corrected chi connectivity index (χ3v) is 3.78. The van der Waals surface area contributed by atoms with E-state index in [4.69, 9.17) is 10.5 Å². The topological polar surface area (TPSA) is 64.3 Å². The molecule has 1 saturated carbocycles. The average molecular weight is 302 g/mol. The fourth-order valence-corrected chi connectivity index (χ4v) is 2.70. The van der Waals surface area contributed by atoms with Crippen molar-refractivity contribution in [1.82, 2.24) is 5.32 Å². The summed E-state index contributed by atoms with van der Waals surface area (Å²) in [5, 5.41) is 3.06. The quantitative estimate of drug-likeness (QED) is 0.646. The molecule has 4 heteroatoms. The lowest BCUT2D eigenvalue weighted by Crippen LogP contribution is -2.34. The van der Waals surface area contributed by atoms with Gasteiger partial charge in [0, 0.05) is 12.1 Å². The lowest BCUT2D eigenvalue weighted by molar-refractivity contribution is -0.117. The molecule has 0 aliphatic heterocycles. The van der Waals surface area contributed by atoms with E-state index in [0.29, 0.717) is 17.5 Å².